The van der Waals surface area contributed by atoms with Gasteiger partial charge in [-0.05, 0) is 64.9 Å². The molecule has 1 N–H and O–H groups in total. The summed E-state index contributed by atoms with van der Waals surface area (Å²) in [7, 11) is 0. The van der Waals surface area contributed by atoms with E-state index in [9.17, 15) is 24.5 Å². The minimum Gasteiger partial charge on any atom is -0.488 e. The number of nitrogens with one attached hydrogen (secondary N) is 1. The van der Waals surface area contributed by atoms with E-state index >= 15 is 0 Å². The van der Waals surface area contributed by atoms with E-state index in [0.29, 0.717) is 21.9 Å². The summed E-state index contributed by atoms with van der Waals surface area (Å²) in [5, 5.41) is 15.1. The van der Waals surface area contributed by atoms with Crippen LogP contribution >= 0.6 is 11.6 Å². The van der Waals surface area contributed by atoms with Gasteiger partial charge in [-0.3, -0.25) is 25.0 Å². The van der Waals surface area contributed by atoms with Crippen LogP contribution < -0.4 is 15.0 Å². The van der Waals surface area contributed by atoms with Crippen molar-refractivity contribution in [1.82, 2.24) is 5.32 Å². The van der Waals surface area contributed by atoms with E-state index in [0.717, 1.165) is 15.7 Å². The van der Waals surface area contributed by atoms with Crippen molar-refractivity contribution >= 4 is 57.7 Å². The summed E-state index contributed by atoms with van der Waals surface area (Å²) in [6.07, 6.45) is 1.40. The normalized spacial score (nSPS) is 14.6. The van der Waals surface area contributed by atoms with Gasteiger partial charge < -0.3 is 4.74 Å². The highest BCUT2D eigenvalue weighted by Crippen LogP contribution is 2.32. The lowest BCUT2D eigenvalue weighted by atomic mass is 9.99. The molecule has 0 bridgehead atoms. The number of nitrogens with zero attached hydrogens (tertiary/aromatic N) is 2. The van der Waals surface area contributed by atoms with Gasteiger partial charge in [-0.2, -0.15) is 0 Å². The van der Waals surface area contributed by atoms with Gasteiger partial charge in [0.05, 0.1) is 10.6 Å². The van der Waals surface area contributed by atoms with Gasteiger partial charge in [0.2, 0.25) is 0 Å². The lowest BCUT2D eigenvalue weighted by Crippen LogP contribution is -2.54. The molecule has 0 spiro atoms. The lowest BCUT2D eigenvalue weighted by Gasteiger charge is -2.26. The highest BCUT2D eigenvalue weighted by molar-refractivity contribution is 6.39. The monoisotopic (exact) mass is 527 g/mol. The number of ether oxygens (including phenoxy) is 1. The average Bonchev–Trinajstić information content (AvgIpc) is 2.91. The van der Waals surface area contributed by atoms with Crippen molar-refractivity contribution < 1.29 is 24.0 Å². The summed E-state index contributed by atoms with van der Waals surface area (Å²) in [4.78, 5) is 50.1. The van der Waals surface area contributed by atoms with E-state index in [1.54, 1.807) is 18.2 Å². The number of hydrogen-bond acceptors (Lipinski definition) is 6. The number of benzene rings is 4. The number of nitro benzene ring substituents is 1. The summed E-state index contributed by atoms with van der Waals surface area (Å²) in [5.74, 6) is -1.25. The largest absolute Gasteiger partial charge is 0.488 e. The maximum atomic E-state index is 13.4. The summed E-state index contributed by atoms with van der Waals surface area (Å²) >= 11 is 5.94. The number of carbonyl (C=O) groups excluding carboxylic acids is 3. The standard InChI is InChI=1S/C28H18ClN3O6/c29-19-8-12-20(13-9-19)31-27(34)24(26(33)30-28(31)35)15-23-22-4-2-1-3-18(22)7-14-25(23)38-16-17-5-10-21(11-6-17)32(36)37/h1-15H,16H2,(H,30,33,35)/b24-15+. The number of non-ortho nitro benzene ring substituents is 1. The Morgan fingerprint density at radius 2 is 1.63 bits per heavy atom. The van der Waals surface area contributed by atoms with Gasteiger partial charge in [0.1, 0.15) is 17.9 Å². The van der Waals surface area contributed by atoms with Gasteiger partial charge in [0.25, 0.3) is 17.5 Å². The molecule has 0 aliphatic carbocycles. The molecule has 0 unspecified atom stereocenters. The van der Waals surface area contributed by atoms with Crippen LogP contribution in [0, 0.1) is 10.1 Å². The molecule has 10 heteroatoms. The molecule has 4 aromatic rings. The second-order valence-electron chi connectivity index (χ2n) is 8.35. The number of fused-ring (bicyclic) bond motifs is 1. The smallest absolute Gasteiger partial charge is 0.335 e. The van der Waals surface area contributed by atoms with Gasteiger partial charge >= 0.3 is 6.03 Å². The highest BCUT2D eigenvalue weighted by Gasteiger charge is 2.37. The zero-order chi connectivity index (χ0) is 26.8. The van der Waals surface area contributed by atoms with Gasteiger partial charge in [0.15, 0.2) is 0 Å². The van der Waals surface area contributed by atoms with Crippen LogP contribution in [-0.4, -0.2) is 22.8 Å². The molecular weight excluding hydrogens is 510 g/mol. The molecule has 0 aromatic heterocycles. The van der Waals surface area contributed by atoms with Gasteiger partial charge in [-0.15, -0.1) is 0 Å². The molecule has 4 aromatic carbocycles. The fourth-order valence-corrected chi connectivity index (χ4v) is 4.18. The lowest BCUT2D eigenvalue weighted by molar-refractivity contribution is -0.384. The second kappa shape index (κ2) is 10.2. The molecule has 38 heavy (non-hydrogen) atoms. The molecule has 0 saturated carbocycles. The quantitative estimate of drug-likeness (QED) is 0.150. The number of barbiturate groups is 1. The predicted octanol–water partition coefficient (Wildman–Crippen LogP) is 5.65. The van der Waals surface area contributed by atoms with E-state index in [4.69, 9.17) is 16.3 Å². The molecule has 9 nitrogen and oxygen atoms in total. The van der Waals surface area contributed by atoms with Crippen molar-refractivity contribution in [2.45, 2.75) is 6.61 Å². The number of urea groups is 1. The molecule has 1 heterocycles. The zero-order valence-corrected chi connectivity index (χ0v) is 20.3. The SMILES string of the molecule is O=C1NC(=O)N(c2ccc(Cl)cc2)C(=O)/C1=C/c1c(OCc2ccc([N+](=O)[O-])cc2)ccc2ccccc12. The summed E-state index contributed by atoms with van der Waals surface area (Å²) in [5.41, 5.74) is 1.12. The van der Waals surface area contributed by atoms with E-state index in [2.05, 4.69) is 5.32 Å². The third-order valence-electron chi connectivity index (χ3n) is 5.95. The van der Waals surface area contributed by atoms with Crippen molar-refractivity contribution in [3.8, 4) is 5.75 Å². The first-order chi connectivity index (χ1) is 18.3. The number of nitro groups is 1. The molecule has 0 radical (unpaired) electrons. The summed E-state index contributed by atoms with van der Waals surface area (Å²) in [6.45, 7) is 0.0854. The maximum absolute atomic E-state index is 13.4. The molecule has 0 atom stereocenters. The Hall–Kier alpha value is -5.02. The van der Waals surface area contributed by atoms with Crippen LogP contribution in [0.5, 0.6) is 5.75 Å². The Morgan fingerprint density at radius 3 is 2.34 bits per heavy atom. The van der Waals surface area contributed by atoms with Crippen molar-refractivity contribution in [3.63, 3.8) is 0 Å². The van der Waals surface area contributed by atoms with Crippen LogP contribution in [0.3, 0.4) is 0 Å². The molecule has 1 aliphatic heterocycles. The molecule has 1 aliphatic rings. The summed E-state index contributed by atoms with van der Waals surface area (Å²) < 4.78 is 6.04. The predicted molar refractivity (Wildman–Crippen MR) is 142 cm³/mol. The number of anilines is 1. The van der Waals surface area contributed by atoms with Crippen molar-refractivity contribution in [2.24, 2.45) is 0 Å². The number of halogens is 1. The van der Waals surface area contributed by atoms with Gasteiger partial charge in [-0.1, -0.05) is 41.9 Å². The van der Waals surface area contributed by atoms with Crippen molar-refractivity contribution in [1.29, 1.82) is 0 Å². The number of imide groups is 2. The van der Waals surface area contributed by atoms with Gasteiger partial charge in [0, 0.05) is 22.7 Å². The van der Waals surface area contributed by atoms with Gasteiger partial charge in [-0.25, -0.2) is 9.69 Å². The van der Waals surface area contributed by atoms with Crippen LogP contribution in [0.2, 0.25) is 5.02 Å². The fourth-order valence-electron chi connectivity index (χ4n) is 4.05. The second-order valence-corrected chi connectivity index (χ2v) is 8.78. The van der Waals surface area contributed by atoms with Crippen LogP contribution in [0.4, 0.5) is 16.2 Å². The van der Waals surface area contributed by atoms with Crippen LogP contribution in [0.15, 0.2) is 90.5 Å². The zero-order valence-electron chi connectivity index (χ0n) is 19.6. The molecule has 5 rings (SSSR count). The number of amides is 4. The fraction of sp³-hybridized carbons (Fsp3) is 0.0357. The number of carbonyl (C=O) groups is 3. The topological polar surface area (TPSA) is 119 Å². The Kier molecular flexibility index (Phi) is 6.59. The number of hydrogen-bond donors (Lipinski definition) is 1. The molecule has 1 fully saturated rings. The van der Waals surface area contributed by atoms with Crippen LogP contribution in [0.1, 0.15) is 11.1 Å². The Bertz CT molecular complexity index is 1630. The van der Waals surface area contributed by atoms with Crippen molar-refractivity contribution in [3.05, 3.63) is 117 Å². The van der Waals surface area contributed by atoms with E-state index in [1.807, 2.05) is 30.3 Å². The maximum Gasteiger partial charge on any atom is 0.335 e. The average molecular weight is 528 g/mol. The van der Waals surface area contributed by atoms with Crippen LogP contribution in [0.25, 0.3) is 16.8 Å². The first kappa shape index (κ1) is 24.7. The van der Waals surface area contributed by atoms with E-state index < -0.39 is 22.8 Å². The molecular formula is C28H18ClN3O6. The highest BCUT2D eigenvalue weighted by atomic mass is 35.5. The molecule has 4 amide bonds. The molecule has 188 valence electrons. The first-order valence-electron chi connectivity index (χ1n) is 11.4. The third kappa shape index (κ3) is 4.82. The number of rotatable bonds is 6. The first-order valence-corrected chi connectivity index (χ1v) is 11.7. The van der Waals surface area contributed by atoms with E-state index in [1.165, 1.54) is 42.5 Å². The third-order valence-corrected chi connectivity index (χ3v) is 6.20. The van der Waals surface area contributed by atoms with E-state index in [-0.39, 0.29) is 23.6 Å². The van der Waals surface area contributed by atoms with Crippen LogP contribution in [-0.2, 0) is 16.2 Å². The Morgan fingerprint density at radius 1 is 0.921 bits per heavy atom. The minimum atomic E-state index is -0.868. The Balaban J connectivity index is 1.54. The summed E-state index contributed by atoms with van der Waals surface area (Å²) in [6, 6.07) is 22.1. The molecule has 1 saturated heterocycles. The van der Waals surface area contributed by atoms with Crippen molar-refractivity contribution in [2.75, 3.05) is 4.90 Å². The minimum absolute atomic E-state index is 0.0357. The Labute approximate surface area is 221 Å².